The Bertz CT molecular complexity index is 826. The Kier molecular flexibility index (Phi) is 5.85. The Labute approximate surface area is 149 Å². The highest BCUT2D eigenvalue weighted by atomic mass is 32.2. The molecule has 0 bridgehead atoms. The van der Waals surface area contributed by atoms with Gasteiger partial charge in [0.25, 0.3) is 0 Å². The van der Waals surface area contributed by atoms with E-state index >= 15 is 0 Å². The third kappa shape index (κ3) is 5.32. The summed E-state index contributed by atoms with van der Waals surface area (Å²) >= 11 is 0. The van der Waals surface area contributed by atoms with Crippen LogP contribution < -0.4 is 9.62 Å². The number of rotatable bonds is 6. The molecule has 5 nitrogen and oxygen atoms in total. The summed E-state index contributed by atoms with van der Waals surface area (Å²) in [6.45, 7) is 5.84. The number of carbonyl (C=O) groups is 1. The van der Waals surface area contributed by atoms with E-state index in [2.05, 4.69) is 19.2 Å². The molecule has 2 aromatic carbocycles. The molecule has 0 saturated heterocycles. The van der Waals surface area contributed by atoms with Gasteiger partial charge >= 0.3 is 0 Å². The molecule has 0 radical (unpaired) electrons. The van der Waals surface area contributed by atoms with Crippen molar-refractivity contribution in [3.05, 3.63) is 59.7 Å². The fraction of sp³-hybridized carbons (Fsp3) is 0.316. The van der Waals surface area contributed by atoms with Gasteiger partial charge in [-0.1, -0.05) is 43.7 Å². The molecule has 0 aliphatic rings. The molecule has 6 heteroatoms. The summed E-state index contributed by atoms with van der Waals surface area (Å²) < 4.78 is 25.2. The number of sulfonamides is 1. The number of aryl methyl sites for hydroxylation is 1. The van der Waals surface area contributed by atoms with E-state index in [1.165, 1.54) is 5.56 Å². The quantitative estimate of drug-likeness (QED) is 0.857. The average Bonchev–Trinajstić information content (AvgIpc) is 2.53. The highest BCUT2D eigenvalue weighted by molar-refractivity contribution is 7.92. The number of hydrogen-bond acceptors (Lipinski definition) is 3. The number of benzene rings is 2. The predicted molar refractivity (Wildman–Crippen MR) is 103 cm³/mol. The second-order valence-corrected chi connectivity index (χ2v) is 8.34. The van der Waals surface area contributed by atoms with E-state index in [1.54, 1.807) is 12.1 Å². The smallest absolute Gasteiger partial charge is 0.245 e. The first-order valence-electron chi connectivity index (χ1n) is 8.11. The van der Waals surface area contributed by atoms with Crippen LogP contribution in [0.25, 0.3) is 0 Å². The van der Waals surface area contributed by atoms with E-state index in [4.69, 9.17) is 0 Å². The maximum atomic E-state index is 12.3. The van der Waals surface area contributed by atoms with Crippen LogP contribution in [0.15, 0.2) is 48.5 Å². The van der Waals surface area contributed by atoms with E-state index in [1.807, 2.05) is 43.3 Å². The van der Waals surface area contributed by atoms with Gasteiger partial charge in [0.15, 0.2) is 0 Å². The summed E-state index contributed by atoms with van der Waals surface area (Å²) in [6, 6.07) is 14.6. The maximum absolute atomic E-state index is 12.3. The van der Waals surface area contributed by atoms with Crippen LogP contribution in [0, 0.1) is 6.92 Å². The summed E-state index contributed by atoms with van der Waals surface area (Å²) in [5.74, 6) is 0.0234. The second-order valence-electron chi connectivity index (χ2n) is 6.43. The largest absolute Gasteiger partial charge is 0.325 e. The van der Waals surface area contributed by atoms with Crippen molar-refractivity contribution in [3.63, 3.8) is 0 Å². The topological polar surface area (TPSA) is 66.5 Å². The molecule has 1 N–H and O–H groups in total. The lowest BCUT2D eigenvalue weighted by Crippen LogP contribution is -2.37. The number of carbonyl (C=O) groups excluding carboxylic acids is 1. The molecule has 0 heterocycles. The van der Waals surface area contributed by atoms with Crippen LogP contribution in [-0.4, -0.2) is 27.1 Å². The molecule has 1 amide bonds. The lowest BCUT2D eigenvalue weighted by atomic mass is 10.0. The molecular formula is C19H24N2O3S. The van der Waals surface area contributed by atoms with Gasteiger partial charge in [0, 0.05) is 5.69 Å². The molecule has 0 aliphatic carbocycles. The normalized spacial score (nSPS) is 11.4. The van der Waals surface area contributed by atoms with Crippen LogP contribution in [-0.2, 0) is 14.8 Å². The van der Waals surface area contributed by atoms with Crippen molar-refractivity contribution in [1.29, 1.82) is 0 Å². The third-order valence-electron chi connectivity index (χ3n) is 3.87. The Hall–Kier alpha value is -2.34. The summed E-state index contributed by atoms with van der Waals surface area (Å²) in [6.07, 6.45) is 1.09. The van der Waals surface area contributed by atoms with Crippen LogP contribution in [0.2, 0.25) is 0 Å². The van der Waals surface area contributed by atoms with Crippen molar-refractivity contribution in [2.75, 3.05) is 22.4 Å². The number of nitrogens with one attached hydrogen (secondary N) is 1. The molecule has 25 heavy (non-hydrogen) atoms. The molecule has 0 unspecified atom stereocenters. The first-order chi connectivity index (χ1) is 11.7. The van der Waals surface area contributed by atoms with Crippen molar-refractivity contribution < 1.29 is 13.2 Å². The predicted octanol–water partition coefficient (Wildman–Crippen LogP) is 3.52. The molecule has 2 rings (SSSR count). The van der Waals surface area contributed by atoms with E-state index in [-0.39, 0.29) is 12.5 Å². The Morgan fingerprint density at radius 3 is 2.08 bits per heavy atom. The van der Waals surface area contributed by atoms with E-state index < -0.39 is 10.0 Å². The first kappa shape index (κ1) is 19.0. The second kappa shape index (κ2) is 7.70. The lowest BCUT2D eigenvalue weighted by Gasteiger charge is -2.22. The third-order valence-corrected chi connectivity index (χ3v) is 5.01. The van der Waals surface area contributed by atoms with Crippen molar-refractivity contribution >= 4 is 27.3 Å². The van der Waals surface area contributed by atoms with Gasteiger partial charge in [0.1, 0.15) is 6.54 Å². The summed E-state index contributed by atoms with van der Waals surface area (Å²) in [4.78, 5) is 12.3. The minimum absolute atomic E-state index is 0.270. The van der Waals surface area contributed by atoms with Gasteiger partial charge in [-0.05, 0) is 42.7 Å². The SMILES string of the molecule is Cc1ccc(N(CC(=O)Nc2ccc(C(C)C)cc2)S(C)(=O)=O)cc1. The van der Waals surface area contributed by atoms with E-state index in [0.29, 0.717) is 17.3 Å². The summed E-state index contributed by atoms with van der Waals surface area (Å²) in [5, 5.41) is 2.75. The number of amides is 1. The number of hydrogen-bond donors (Lipinski definition) is 1. The van der Waals surface area contributed by atoms with Crippen molar-refractivity contribution in [3.8, 4) is 0 Å². The van der Waals surface area contributed by atoms with Crippen LogP contribution in [0.3, 0.4) is 0 Å². The van der Waals surface area contributed by atoms with Gasteiger partial charge in [-0.2, -0.15) is 0 Å². The van der Waals surface area contributed by atoms with Gasteiger partial charge in [0.05, 0.1) is 11.9 Å². The zero-order valence-corrected chi connectivity index (χ0v) is 15.8. The Balaban J connectivity index is 2.13. The maximum Gasteiger partial charge on any atom is 0.245 e. The molecule has 0 fully saturated rings. The van der Waals surface area contributed by atoms with E-state index in [9.17, 15) is 13.2 Å². The van der Waals surface area contributed by atoms with Gasteiger partial charge < -0.3 is 5.32 Å². The minimum Gasteiger partial charge on any atom is -0.325 e. The van der Waals surface area contributed by atoms with Gasteiger partial charge in [-0.15, -0.1) is 0 Å². The monoisotopic (exact) mass is 360 g/mol. The highest BCUT2D eigenvalue weighted by Crippen LogP contribution is 2.19. The highest BCUT2D eigenvalue weighted by Gasteiger charge is 2.20. The van der Waals surface area contributed by atoms with Crippen LogP contribution >= 0.6 is 0 Å². The molecule has 0 atom stereocenters. The van der Waals surface area contributed by atoms with Crippen LogP contribution in [0.1, 0.15) is 30.9 Å². The first-order valence-corrected chi connectivity index (χ1v) is 9.96. The molecule has 2 aromatic rings. The summed E-state index contributed by atoms with van der Waals surface area (Å²) in [7, 11) is -3.56. The number of anilines is 2. The van der Waals surface area contributed by atoms with Crippen molar-refractivity contribution in [2.24, 2.45) is 0 Å². The minimum atomic E-state index is -3.56. The van der Waals surface area contributed by atoms with Crippen molar-refractivity contribution in [2.45, 2.75) is 26.7 Å². The van der Waals surface area contributed by atoms with Crippen LogP contribution in [0.5, 0.6) is 0 Å². The van der Waals surface area contributed by atoms with Gasteiger partial charge in [0.2, 0.25) is 15.9 Å². The zero-order chi connectivity index (χ0) is 18.6. The number of nitrogens with zero attached hydrogens (tertiary/aromatic N) is 1. The average molecular weight is 360 g/mol. The molecule has 0 spiro atoms. The fourth-order valence-electron chi connectivity index (χ4n) is 2.39. The van der Waals surface area contributed by atoms with Gasteiger partial charge in [-0.25, -0.2) is 8.42 Å². The Morgan fingerprint density at radius 2 is 1.60 bits per heavy atom. The molecular weight excluding hydrogens is 336 g/mol. The molecule has 0 aliphatic heterocycles. The Morgan fingerprint density at radius 1 is 1.04 bits per heavy atom. The molecule has 0 saturated carbocycles. The van der Waals surface area contributed by atoms with E-state index in [0.717, 1.165) is 16.1 Å². The van der Waals surface area contributed by atoms with Crippen molar-refractivity contribution in [1.82, 2.24) is 0 Å². The van der Waals surface area contributed by atoms with Gasteiger partial charge in [-0.3, -0.25) is 9.10 Å². The van der Waals surface area contributed by atoms with Crippen LogP contribution in [0.4, 0.5) is 11.4 Å². The lowest BCUT2D eigenvalue weighted by molar-refractivity contribution is -0.114. The fourth-order valence-corrected chi connectivity index (χ4v) is 3.25. The summed E-state index contributed by atoms with van der Waals surface area (Å²) in [5.41, 5.74) is 3.31. The molecule has 0 aromatic heterocycles. The standard InChI is InChI=1S/C19H24N2O3S/c1-14(2)16-7-9-17(10-8-16)20-19(22)13-21(25(4,23)24)18-11-5-15(3)6-12-18/h5-12,14H,13H2,1-4H3,(H,20,22). The molecule has 134 valence electrons. The zero-order valence-electron chi connectivity index (χ0n) is 15.0.